The number of esters is 1. The predicted octanol–water partition coefficient (Wildman–Crippen LogP) is 1.06. The van der Waals surface area contributed by atoms with Crippen LogP contribution in [0, 0.1) is 5.92 Å². The molecule has 4 aliphatic carbocycles. The normalized spacial score (nSPS) is 51.0. The molecule has 4 bridgehead atoms. The van der Waals surface area contributed by atoms with Crippen molar-refractivity contribution < 1.29 is 24.9 Å². The van der Waals surface area contributed by atoms with Crippen molar-refractivity contribution in [3.63, 3.8) is 0 Å². The van der Waals surface area contributed by atoms with Crippen molar-refractivity contribution in [3.05, 3.63) is 12.2 Å². The zero-order chi connectivity index (χ0) is 15.7. The second kappa shape index (κ2) is 4.09. The smallest absolute Gasteiger partial charge is 0.333 e. The Kier molecular flexibility index (Phi) is 2.92. The van der Waals surface area contributed by atoms with Crippen LogP contribution in [0.25, 0.3) is 0 Å². The van der Waals surface area contributed by atoms with Crippen LogP contribution in [0.15, 0.2) is 12.2 Å². The molecule has 0 radical (unpaired) electrons. The maximum absolute atomic E-state index is 12.0. The molecule has 3 unspecified atom stereocenters. The van der Waals surface area contributed by atoms with Crippen LogP contribution in [0.1, 0.15) is 52.4 Å². The first-order valence-electron chi connectivity index (χ1n) is 7.61. The molecule has 0 aromatic rings. The minimum absolute atomic E-state index is 0.241. The molecule has 0 amide bonds. The summed E-state index contributed by atoms with van der Waals surface area (Å²) in [5.74, 6) is -0.791. The van der Waals surface area contributed by atoms with Gasteiger partial charge in [-0.3, -0.25) is 0 Å². The van der Waals surface area contributed by atoms with Gasteiger partial charge in [-0.15, -0.1) is 0 Å². The van der Waals surface area contributed by atoms with Crippen LogP contribution in [0.2, 0.25) is 0 Å². The van der Waals surface area contributed by atoms with Gasteiger partial charge in [0.15, 0.2) is 0 Å². The molecule has 4 saturated carbocycles. The number of carbonyl (C=O) groups excluding carboxylic acids is 1. The van der Waals surface area contributed by atoms with E-state index in [0.717, 1.165) is 0 Å². The van der Waals surface area contributed by atoms with Gasteiger partial charge in [-0.05, 0) is 13.3 Å². The topological polar surface area (TPSA) is 87.0 Å². The highest BCUT2D eigenvalue weighted by molar-refractivity contribution is 5.87. The van der Waals surface area contributed by atoms with E-state index in [1.165, 1.54) is 0 Å². The molecule has 0 aliphatic heterocycles. The van der Waals surface area contributed by atoms with E-state index in [1.807, 2.05) is 6.92 Å². The Labute approximate surface area is 124 Å². The molecule has 4 rings (SSSR count). The number of carbonyl (C=O) groups is 1. The highest BCUT2D eigenvalue weighted by Gasteiger charge is 2.73. The quantitative estimate of drug-likeness (QED) is 0.535. The van der Waals surface area contributed by atoms with Crippen LogP contribution in [0.5, 0.6) is 0 Å². The molecule has 5 nitrogen and oxygen atoms in total. The number of hydrogen-bond acceptors (Lipinski definition) is 5. The average Bonchev–Trinajstić information content (AvgIpc) is 2.22. The summed E-state index contributed by atoms with van der Waals surface area (Å²) in [6.07, 6.45) is 1.92. The van der Waals surface area contributed by atoms with Crippen molar-refractivity contribution >= 4 is 5.97 Å². The SMILES string of the molecule is C=C(C)C(=O)OC12CC3(O)CC(O)(CC(O)(C3)C1CC)C2. The summed E-state index contributed by atoms with van der Waals surface area (Å²) >= 11 is 0. The van der Waals surface area contributed by atoms with E-state index < -0.39 is 28.4 Å². The zero-order valence-electron chi connectivity index (χ0n) is 12.7. The fraction of sp³-hybridized carbons (Fsp3) is 0.812. The van der Waals surface area contributed by atoms with Crippen molar-refractivity contribution in [2.75, 3.05) is 0 Å². The van der Waals surface area contributed by atoms with Gasteiger partial charge >= 0.3 is 5.97 Å². The van der Waals surface area contributed by atoms with E-state index >= 15 is 0 Å². The van der Waals surface area contributed by atoms with E-state index in [9.17, 15) is 20.1 Å². The molecule has 0 heterocycles. The molecular formula is C16H24O5. The minimum atomic E-state index is -1.18. The van der Waals surface area contributed by atoms with Crippen LogP contribution in [-0.4, -0.2) is 43.7 Å². The molecule has 0 aromatic carbocycles. The minimum Gasteiger partial charge on any atom is -0.455 e. The van der Waals surface area contributed by atoms with Crippen molar-refractivity contribution in [2.45, 2.75) is 74.8 Å². The fourth-order valence-electron chi connectivity index (χ4n) is 5.52. The molecule has 118 valence electrons. The van der Waals surface area contributed by atoms with E-state index in [0.29, 0.717) is 6.42 Å². The Hall–Kier alpha value is -0.910. The number of rotatable bonds is 3. The van der Waals surface area contributed by atoms with Gasteiger partial charge < -0.3 is 20.1 Å². The summed E-state index contributed by atoms with van der Waals surface area (Å²) in [6, 6.07) is 0. The van der Waals surface area contributed by atoms with E-state index in [2.05, 4.69) is 6.58 Å². The van der Waals surface area contributed by atoms with E-state index in [1.54, 1.807) is 6.92 Å². The summed E-state index contributed by atoms with van der Waals surface area (Å²) in [6.45, 7) is 7.11. The molecule has 4 fully saturated rings. The van der Waals surface area contributed by atoms with Gasteiger partial charge in [0.2, 0.25) is 0 Å². The standard InChI is InChI=1S/C16H24O5/c1-4-11-15(20)6-13(18)5-14(19,7-15)9-16(11,8-13)21-12(17)10(2)3/h11,18-20H,2,4-9H2,1,3H3. The first kappa shape index (κ1) is 15.0. The third-order valence-electron chi connectivity index (χ3n) is 5.52. The summed E-state index contributed by atoms with van der Waals surface area (Å²) < 4.78 is 5.69. The lowest BCUT2D eigenvalue weighted by molar-refractivity contribution is -0.328. The van der Waals surface area contributed by atoms with Gasteiger partial charge in [0.25, 0.3) is 0 Å². The summed E-state index contributed by atoms with van der Waals surface area (Å²) in [4.78, 5) is 12.0. The molecule has 3 N–H and O–H groups in total. The number of aliphatic hydroxyl groups is 3. The summed E-state index contributed by atoms with van der Waals surface area (Å²) in [5, 5.41) is 32.4. The van der Waals surface area contributed by atoms with Crippen LogP contribution >= 0.6 is 0 Å². The molecule has 21 heavy (non-hydrogen) atoms. The van der Waals surface area contributed by atoms with Gasteiger partial charge in [-0.1, -0.05) is 13.5 Å². The van der Waals surface area contributed by atoms with Gasteiger partial charge in [-0.2, -0.15) is 0 Å². The highest BCUT2D eigenvalue weighted by Crippen LogP contribution is 2.65. The molecule has 5 heteroatoms. The Morgan fingerprint density at radius 2 is 1.67 bits per heavy atom. The van der Waals surface area contributed by atoms with Crippen LogP contribution in [-0.2, 0) is 9.53 Å². The van der Waals surface area contributed by atoms with Crippen LogP contribution in [0.3, 0.4) is 0 Å². The predicted molar refractivity (Wildman–Crippen MR) is 75.4 cm³/mol. The van der Waals surface area contributed by atoms with Gasteiger partial charge in [-0.25, -0.2) is 4.79 Å². The van der Waals surface area contributed by atoms with Gasteiger partial charge in [0.05, 0.1) is 16.8 Å². The maximum Gasteiger partial charge on any atom is 0.333 e. The van der Waals surface area contributed by atoms with E-state index in [-0.39, 0.29) is 43.6 Å². The Balaban J connectivity index is 2.05. The Morgan fingerprint density at radius 3 is 2.10 bits per heavy atom. The molecule has 4 aliphatic rings. The third-order valence-corrected chi connectivity index (χ3v) is 5.52. The fourth-order valence-corrected chi connectivity index (χ4v) is 5.52. The third kappa shape index (κ3) is 2.05. The lowest BCUT2D eigenvalue weighted by atomic mass is 9.44. The Bertz CT molecular complexity index is 493. The average molecular weight is 296 g/mol. The van der Waals surface area contributed by atoms with Crippen molar-refractivity contribution in [3.8, 4) is 0 Å². The zero-order valence-corrected chi connectivity index (χ0v) is 12.7. The van der Waals surface area contributed by atoms with Crippen LogP contribution < -0.4 is 0 Å². The largest absolute Gasteiger partial charge is 0.455 e. The maximum atomic E-state index is 12.0. The number of hydrogen-bond donors (Lipinski definition) is 3. The van der Waals surface area contributed by atoms with Gasteiger partial charge in [0.1, 0.15) is 5.60 Å². The van der Waals surface area contributed by atoms with Crippen molar-refractivity contribution in [2.24, 2.45) is 5.92 Å². The molecule has 0 spiro atoms. The molecule has 3 atom stereocenters. The molecule has 0 saturated heterocycles. The second-order valence-electron chi connectivity index (χ2n) is 7.63. The first-order chi connectivity index (χ1) is 9.56. The van der Waals surface area contributed by atoms with Crippen molar-refractivity contribution in [1.29, 1.82) is 0 Å². The first-order valence-corrected chi connectivity index (χ1v) is 7.61. The van der Waals surface area contributed by atoms with Crippen molar-refractivity contribution in [1.82, 2.24) is 0 Å². The monoisotopic (exact) mass is 296 g/mol. The van der Waals surface area contributed by atoms with Crippen LogP contribution in [0.4, 0.5) is 0 Å². The molecule has 0 aromatic heterocycles. The molecular weight excluding hydrogens is 272 g/mol. The highest BCUT2D eigenvalue weighted by atomic mass is 16.6. The number of ether oxygens (including phenoxy) is 1. The summed E-state index contributed by atoms with van der Waals surface area (Å²) in [5.41, 5.74) is -4.23. The lowest BCUT2D eigenvalue weighted by Crippen LogP contribution is -2.77. The lowest BCUT2D eigenvalue weighted by Gasteiger charge is -2.68. The Morgan fingerprint density at radius 1 is 1.14 bits per heavy atom. The van der Waals surface area contributed by atoms with E-state index in [4.69, 9.17) is 4.74 Å². The second-order valence-corrected chi connectivity index (χ2v) is 7.63. The van der Waals surface area contributed by atoms with Gasteiger partial charge in [0, 0.05) is 43.6 Å². The summed E-state index contributed by atoms with van der Waals surface area (Å²) in [7, 11) is 0.